The number of hydrogen-bond donors (Lipinski definition) is 2. The summed E-state index contributed by atoms with van der Waals surface area (Å²) in [6.45, 7) is 2.56. The molecule has 23 heavy (non-hydrogen) atoms. The third kappa shape index (κ3) is 4.47. The molecule has 0 bridgehead atoms. The fraction of sp³-hybridized carbons (Fsp3) is 0.556. The van der Waals surface area contributed by atoms with Gasteiger partial charge in [-0.15, -0.1) is 0 Å². The van der Waals surface area contributed by atoms with Crippen molar-refractivity contribution in [2.75, 3.05) is 25.0 Å². The van der Waals surface area contributed by atoms with Gasteiger partial charge in [-0.1, -0.05) is 25.0 Å². The Hall–Kier alpha value is -2.04. The van der Waals surface area contributed by atoms with Crippen LogP contribution in [-0.4, -0.2) is 32.0 Å². The number of anilines is 1. The average molecular weight is 314 g/mol. The van der Waals surface area contributed by atoms with Gasteiger partial charge in [0.1, 0.15) is 0 Å². The summed E-state index contributed by atoms with van der Waals surface area (Å²) in [7, 11) is 1.80. The van der Waals surface area contributed by atoms with Gasteiger partial charge < -0.3 is 15.5 Å². The second kappa shape index (κ2) is 7.49. The van der Waals surface area contributed by atoms with Crippen LogP contribution in [0, 0.1) is 5.92 Å². The van der Waals surface area contributed by atoms with Crippen molar-refractivity contribution < 1.29 is 4.79 Å². The molecular weight excluding hydrogens is 288 g/mol. The number of guanidine groups is 1. The summed E-state index contributed by atoms with van der Waals surface area (Å²) in [5.41, 5.74) is 2.19. The molecule has 0 spiro atoms. The Balaban J connectivity index is 1.46. The first-order valence-corrected chi connectivity index (χ1v) is 8.60. The van der Waals surface area contributed by atoms with Gasteiger partial charge >= 0.3 is 0 Å². The van der Waals surface area contributed by atoms with E-state index in [4.69, 9.17) is 0 Å². The maximum Gasteiger partial charge on any atom is 0.227 e. The lowest BCUT2D eigenvalue weighted by atomic mass is 10.2. The minimum absolute atomic E-state index is 0.233. The van der Waals surface area contributed by atoms with E-state index in [-0.39, 0.29) is 5.91 Å². The van der Waals surface area contributed by atoms with E-state index in [1.807, 2.05) is 17.0 Å². The van der Waals surface area contributed by atoms with Crippen LogP contribution in [-0.2, 0) is 11.3 Å². The number of hydrogen-bond acceptors (Lipinski definition) is 2. The van der Waals surface area contributed by atoms with Crippen molar-refractivity contribution in [3.05, 3.63) is 29.8 Å². The van der Waals surface area contributed by atoms with E-state index in [9.17, 15) is 4.79 Å². The molecule has 2 N–H and O–H groups in total. The molecule has 1 heterocycles. The zero-order valence-corrected chi connectivity index (χ0v) is 13.8. The first-order chi connectivity index (χ1) is 11.3. The first-order valence-electron chi connectivity index (χ1n) is 8.60. The van der Waals surface area contributed by atoms with Crippen LogP contribution in [0.1, 0.15) is 37.7 Å². The maximum absolute atomic E-state index is 11.8. The van der Waals surface area contributed by atoms with E-state index in [1.165, 1.54) is 24.8 Å². The molecule has 1 amide bonds. The van der Waals surface area contributed by atoms with Crippen LogP contribution in [0.25, 0.3) is 0 Å². The van der Waals surface area contributed by atoms with Gasteiger partial charge in [0.25, 0.3) is 0 Å². The quantitative estimate of drug-likeness (QED) is 0.625. The smallest absolute Gasteiger partial charge is 0.227 e. The Kier molecular flexibility index (Phi) is 5.16. The van der Waals surface area contributed by atoms with Gasteiger partial charge in [0.15, 0.2) is 5.96 Å². The molecule has 1 aromatic rings. The SMILES string of the molecule is CN=C(NCCC1CC1)NCc1ccc(N2CCCC2=O)cc1. The van der Waals surface area contributed by atoms with Crippen LogP contribution in [0.2, 0.25) is 0 Å². The largest absolute Gasteiger partial charge is 0.356 e. The molecule has 1 aromatic carbocycles. The lowest BCUT2D eigenvalue weighted by Gasteiger charge is -2.16. The summed E-state index contributed by atoms with van der Waals surface area (Å²) >= 11 is 0. The second-order valence-corrected chi connectivity index (χ2v) is 6.40. The molecule has 1 aliphatic carbocycles. The molecule has 2 aliphatic rings. The van der Waals surface area contributed by atoms with E-state index >= 15 is 0 Å². The number of carbonyl (C=O) groups excluding carboxylic acids is 1. The normalized spacial score (nSPS) is 18.4. The van der Waals surface area contributed by atoms with E-state index in [0.717, 1.165) is 43.6 Å². The standard InChI is InChI=1S/C18H26N4O/c1-19-18(20-11-10-14-4-5-14)21-13-15-6-8-16(9-7-15)22-12-2-3-17(22)23/h6-9,14H,2-5,10-13H2,1H3,(H2,19,20,21). The Morgan fingerprint density at radius 1 is 1.26 bits per heavy atom. The Bertz CT molecular complexity index is 563. The average Bonchev–Trinajstić information content (AvgIpc) is 3.30. The zero-order valence-electron chi connectivity index (χ0n) is 13.8. The maximum atomic E-state index is 11.8. The Morgan fingerprint density at radius 2 is 2.04 bits per heavy atom. The molecule has 2 fully saturated rings. The topological polar surface area (TPSA) is 56.7 Å². The monoisotopic (exact) mass is 314 g/mol. The number of aliphatic imine (C=N–C) groups is 1. The second-order valence-electron chi connectivity index (χ2n) is 6.40. The zero-order chi connectivity index (χ0) is 16.1. The predicted molar refractivity (Wildman–Crippen MR) is 93.6 cm³/mol. The molecule has 0 aromatic heterocycles. The summed E-state index contributed by atoms with van der Waals surface area (Å²) in [5, 5.41) is 6.69. The third-order valence-corrected chi connectivity index (χ3v) is 4.55. The van der Waals surface area contributed by atoms with Gasteiger partial charge in [-0.25, -0.2) is 0 Å². The highest BCUT2D eigenvalue weighted by Gasteiger charge is 2.21. The number of nitrogens with zero attached hydrogens (tertiary/aromatic N) is 2. The van der Waals surface area contributed by atoms with Crippen molar-refractivity contribution in [3.63, 3.8) is 0 Å². The minimum Gasteiger partial charge on any atom is -0.356 e. The molecule has 1 aliphatic heterocycles. The fourth-order valence-corrected chi connectivity index (χ4v) is 2.92. The van der Waals surface area contributed by atoms with Crippen LogP contribution in [0.5, 0.6) is 0 Å². The number of benzene rings is 1. The van der Waals surface area contributed by atoms with Gasteiger partial charge in [-0.2, -0.15) is 0 Å². The van der Waals surface area contributed by atoms with Crippen molar-refractivity contribution in [2.24, 2.45) is 10.9 Å². The molecule has 5 nitrogen and oxygen atoms in total. The summed E-state index contributed by atoms with van der Waals surface area (Å²) < 4.78 is 0. The third-order valence-electron chi connectivity index (χ3n) is 4.55. The molecule has 1 saturated carbocycles. The molecule has 124 valence electrons. The highest BCUT2D eigenvalue weighted by atomic mass is 16.2. The molecule has 5 heteroatoms. The molecule has 0 atom stereocenters. The van der Waals surface area contributed by atoms with E-state index < -0.39 is 0 Å². The molecular formula is C18H26N4O. The Morgan fingerprint density at radius 3 is 2.65 bits per heavy atom. The lowest BCUT2D eigenvalue weighted by Crippen LogP contribution is -2.37. The number of nitrogens with one attached hydrogen (secondary N) is 2. The molecule has 1 saturated heterocycles. The summed E-state index contributed by atoms with van der Waals surface area (Å²) in [4.78, 5) is 17.9. The van der Waals surface area contributed by atoms with Gasteiger partial charge in [-0.3, -0.25) is 9.79 Å². The highest BCUT2D eigenvalue weighted by Crippen LogP contribution is 2.31. The van der Waals surface area contributed by atoms with Crippen molar-refractivity contribution in [1.82, 2.24) is 10.6 Å². The summed E-state index contributed by atoms with van der Waals surface area (Å²) in [5.74, 6) is 2.02. The molecule has 3 rings (SSSR count). The summed E-state index contributed by atoms with van der Waals surface area (Å²) in [6.07, 6.45) is 5.65. The van der Waals surface area contributed by atoms with Crippen LogP contribution in [0.4, 0.5) is 5.69 Å². The van der Waals surface area contributed by atoms with E-state index in [0.29, 0.717) is 6.42 Å². The highest BCUT2D eigenvalue weighted by molar-refractivity contribution is 5.95. The van der Waals surface area contributed by atoms with E-state index in [2.05, 4.69) is 27.8 Å². The van der Waals surface area contributed by atoms with Crippen molar-refractivity contribution in [2.45, 2.75) is 38.6 Å². The summed E-state index contributed by atoms with van der Waals surface area (Å²) in [6, 6.07) is 8.21. The van der Waals surface area contributed by atoms with Crippen molar-refractivity contribution in [3.8, 4) is 0 Å². The van der Waals surface area contributed by atoms with Crippen LogP contribution in [0.3, 0.4) is 0 Å². The van der Waals surface area contributed by atoms with Crippen molar-refractivity contribution >= 4 is 17.6 Å². The van der Waals surface area contributed by atoms with Crippen LogP contribution >= 0.6 is 0 Å². The van der Waals surface area contributed by atoms with E-state index in [1.54, 1.807) is 7.05 Å². The minimum atomic E-state index is 0.233. The Labute approximate surface area is 138 Å². The number of carbonyl (C=O) groups is 1. The van der Waals surface area contributed by atoms with Crippen LogP contribution < -0.4 is 15.5 Å². The predicted octanol–water partition coefficient (Wildman–Crippen LogP) is 2.28. The van der Waals surface area contributed by atoms with Crippen LogP contribution in [0.15, 0.2) is 29.3 Å². The molecule has 0 unspecified atom stereocenters. The first kappa shape index (κ1) is 15.8. The van der Waals surface area contributed by atoms with Gasteiger partial charge in [0.05, 0.1) is 0 Å². The van der Waals surface area contributed by atoms with Gasteiger partial charge in [0.2, 0.25) is 5.91 Å². The number of amides is 1. The molecule has 0 radical (unpaired) electrons. The van der Waals surface area contributed by atoms with Gasteiger partial charge in [0, 0.05) is 38.8 Å². The number of rotatable bonds is 6. The lowest BCUT2D eigenvalue weighted by molar-refractivity contribution is -0.117. The van der Waals surface area contributed by atoms with Gasteiger partial charge in [-0.05, 0) is 36.5 Å². The van der Waals surface area contributed by atoms with Crippen molar-refractivity contribution in [1.29, 1.82) is 0 Å². The fourth-order valence-electron chi connectivity index (χ4n) is 2.92.